The Hall–Kier alpha value is -1.55. The first-order valence-electron chi connectivity index (χ1n) is 6.70. The number of rotatable bonds is 4. The molecular formula is C15H21NO3. The van der Waals surface area contributed by atoms with Crippen LogP contribution in [0.1, 0.15) is 36.5 Å². The van der Waals surface area contributed by atoms with Crippen molar-refractivity contribution in [1.82, 2.24) is 0 Å². The zero-order valence-corrected chi connectivity index (χ0v) is 11.6. The maximum atomic E-state index is 11.1. The molecule has 1 unspecified atom stereocenters. The number of aryl methyl sites for hydroxylation is 1. The van der Waals surface area contributed by atoms with E-state index in [1.807, 2.05) is 6.07 Å². The van der Waals surface area contributed by atoms with E-state index in [9.17, 15) is 9.90 Å². The van der Waals surface area contributed by atoms with Crippen LogP contribution in [0.4, 0.5) is 5.69 Å². The molecule has 19 heavy (non-hydrogen) atoms. The molecule has 104 valence electrons. The Kier molecular flexibility index (Phi) is 4.43. The highest BCUT2D eigenvalue weighted by molar-refractivity contribution is 5.69. The predicted molar refractivity (Wildman–Crippen MR) is 74.2 cm³/mol. The number of nitrogens with zero attached hydrogens (tertiary/aromatic N) is 1. The highest BCUT2D eigenvalue weighted by Gasteiger charge is 2.17. The molecule has 4 heteroatoms. The third kappa shape index (κ3) is 3.26. The Morgan fingerprint density at radius 3 is 3.05 bits per heavy atom. The minimum Gasteiger partial charge on any atom is -0.469 e. The maximum Gasteiger partial charge on any atom is 0.305 e. The summed E-state index contributed by atoms with van der Waals surface area (Å²) in [7, 11) is 3.45. The summed E-state index contributed by atoms with van der Waals surface area (Å²) in [6, 6.07) is 6.07. The highest BCUT2D eigenvalue weighted by atomic mass is 16.5. The number of carbonyl (C=O) groups excluding carboxylic acids is 1. The van der Waals surface area contributed by atoms with Gasteiger partial charge in [0.15, 0.2) is 0 Å². The minimum absolute atomic E-state index is 0.245. The summed E-state index contributed by atoms with van der Waals surface area (Å²) >= 11 is 0. The number of aliphatic hydroxyl groups excluding tert-OH is 1. The molecule has 0 spiro atoms. The monoisotopic (exact) mass is 263 g/mol. The molecule has 0 saturated heterocycles. The van der Waals surface area contributed by atoms with Crippen molar-refractivity contribution in [2.24, 2.45) is 0 Å². The molecule has 1 aliphatic rings. The van der Waals surface area contributed by atoms with E-state index in [0.29, 0.717) is 6.42 Å². The smallest absolute Gasteiger partial charge is 0.305 e. The number of hydrogen-bond donors (Lipinski definition) is 1. The molecule has 2 rings (SSSR count). The van der Waals surface area contributed by atoms with Gasteiger partial charge in [-0.05, 0) is 36.5 Å². The van der Waals surface area contributed by atoms with Gasteiger partial charge in [0.1, 0.15) is 0 Å². The highest BCUT2D eigenvalue weighted by Crippen LogP contribution is 2.29. The molecular weight excluding hydrogens is 242 g/mol. The Balaban J connectivity index is 2.06. The standard InChI is InChI=1S/C15H21NO3/c1-16-9-3-4-11-10-12(5-6-13(11)16)14(17)7-8-15(18)19-2/h5-6,10,14,17H,3-4,7-9H2,1-2H3. The topological polar surface area (TPSA) is 49.8 Å². The lowest BCUT2D eigenvalue weighted by Gasteiger charge is -2.28. The van der Waals surface area contributed by atoms with E-state index in [4.69, 9.17) is 0 Å². The van der Waals surface area contributed by atoms with Crippen molar-refractivity contribution < 1.29 is 14.6 Å². The second-order valence-corrected chi connectivity index (χ2v) is 5.04. The SMILES string of the molecule is COC(=O)CCC(O)c1ccc2c(c1)CCCN2C. The lowest BCUT2D eigenvalue weighted by molar-refractivity contribution is -0.141. The van der Waals surface area contributed by atoms with Crippen LogP contribution in [0.15, 0.2) is 18.2 Å². The van der Waals surface area contributed by atoms with Crippen LogP contribution in [0.5, 0.6) is 0 Å². The predicted octanol–water partition coefficient (Wildman–Crippen LogP) is 2.06. The van der Waals surface area contributed by atoms with Crippen molar-refractivity contribution in [2.45, 2.75) is 31.8 Å². The number of anilines is 1. The van der Waals surface area contributed by atoms with Crippen LogP contribution in [0.2, 0.25) is 0 Å². The number of methoxy groups -OCH3 is 1. The van der Waals surface area contributed by atoms with E-state index >= 15 is 0 Å². The normalized spacial score (nSPS) is 15.8. The van der Waals surface area contributed by atoms with Gasteiger partial charge in [0.25, 0.3) is 0 Å². The Morgan fingerprint density at radius 1 is 1.53 bits per heavy atom. The molecule has 1 atom stereocenters. The quantitative estimate of drug-likeness (QED) is 0.845. The van der Waals surface area contributed by atoms with E-state index in [1.165, 1.54) is 18.4 Å². The fourth-order valence-electron chi connectivity index (χ4n) is 2.54. The van der Waals surface area contributed by atoms with Gasteiger partial charge in [0, 0.05) is 25.7 Å². The fourth-order valence-corrected chi connectivity index (χ4v) is 2.54. The lowest BCUT2D eigenvalue weighted by Crippen LogP contribution is -2.24. The van der Waals surface area contributed by atoms with Crippen molar-refractivity contribution in [3.8, 4) is 0 Å². The number of esters is 1. The molecule has 0 aliphatic carbocycles. The minimum atomic E-state index is -0.600. The van der Waals surface area contributed by atoms with Crippen LogP contribution >= 0.6 is 0 Å². The van der Waals surface area contributed by atoms with Crippen molar-refractivity contribution in [1.29, 1.82) is 0 Å². The number of hydrogen-bond acceptors (Lipinski definition) is 4. The van der Waals surface area contributed by atoms with Gasteiger partial charge >= 0.3 is 5.97 Å². The summed E-state index contributed by atoms with van der Waals surface area (Å²) in [5.74, 6) is -0.281. The summed E-state index contributed by atoms with van der Waals surface area (Å²) in [5, 5.41) is 10.1. The molecule has 1 aromatic carbocycles. The van der Waals surface area contributed by atoms with Gasteiger partial charge in [-0.15, -0.1) is 0 Å². The number of benzene rings is 1. The van der Waals surface area contributed by atoms with Crippen molar-refractivity contribution in [2.75, 3.05) is 25.6 Å². The average Bonchev–Trinajstić information content (AvgIpc) is 2.44. The number of aliphatic hydroxyl groups is 1. The number of fused-ring (bicyclic) bond motifs is 1. The third-order valence-corrected chi connectivity index (χ3v) is 3.69. The third-order valence-electron chi connectivity index (χ3n) is 3.69. The van der Waals surface area contributed by atoms with Crippen molar-refractivity contribution in [3.05, 3.63) is 29.3 Å². The van der Waals surface area contributed by atoms with Crippen LogP contribution in [0, 0.1) is 0 Å². The van der Waals surface area contributed by atoms with Gasteiger partial charge in [-0.3, -0.25) is 4.79 Å². The molecule has 0 saturated carbocycles. The first-order chi connectivity index (χ1) is 9.11. The maximum absolute atomic E-state index is 11.1. The van der Waals surface area contributed by atoms with Gasteiger partial charge in [-0.25, -0.2) is 0 Å². The second-order valence-electron chi connectivity index (χ2n) is 5.04. The Bertz CT molecular complexity index is 459. The first-order valence-corrected chi connectivity index (χ1v) is 6.70. The van der Waals surface area contributed by atoms with Crippen LogP contribution in [-0.4, -0.2) is 31.8 Å². The zero-order valence-electron chi connectivity index (χ0n) is 11.6. The number of ether oxygens (including phenoxy) is 1. The van der Waals surface area contributed by atoms with Gasteiger partial charge in [0.2, 0.25) is 0 Å². The van der Waals surface area contributed by atoms with Crippen LogP contribution < -0.4 is 4.90 Å². The molecule has 0 amide bonds. The van der Waals surface area contributed by atoms with Gasteiger partial charge in [0.05, 0.1) is 13.2 Å². The zero-order chi connectivity index (χ0) is 13.8. The van der Waals surface area contributed by atoms with Crippen molar-refractivity contribution >= 4 is 11.7 Å². The molecule has 1 N–H and O–H groups in total. The van der Waals surface area contributed by atoms with E-state index in [0.717, 1.165) is 24.9 Å². The number of carbonyl (C=O) groups is 1. The molecule has 0 fully saturated rings. The largest absolute Gasteiger partial charge is 0.469 e. The van der Waals surface area contributed by atoms with Gasteiger partial charge in [-0.2, -0.15) is 0 Å². The summed E-state index contributed by atoms with van der Waals surface area (Å²) in [6.07, 6.45) is 2.25. The summed E-state index contributed by atoms with van der Waals surface area (Å²) < 4.78 is 4.58. The second kappa shape index (κ2) is 6.06. The first kappa shape index (κ1) is 13.9. The summed E-state index contributed by atoms with van der Waals surface area (Å²) in [5.41, 5.74) is 3.41. The van der Waals surface area contributed by atoms with Gasteiger partial charge in [-0.1, -0.05) is 12.1 Å². The van der Waals surface area contributed by atoms with E-state index in [2.05, 4.69) is 28.8 Å². The molecule has 0 bridgehead atoms. The molecule has 1 aromatic rings. The van der Waals surface area contributed by atoms with Gasteiger partial charge < -0.3 is 14.7 Å². The Labute approximate surface area is 114 Å². The lowest BCUT2D eigenvalue weighted by atomic mass is 9.96. The average molecular weight is 263 g/mol. The molecule has 1 aliphatic heterocycles. The van der Waals surface area contributed by atoms with Crippen LogP contribution in [0.3, 0.4) is 0 Å². The summed E-state index contributed by atoms with van der Waals surface area (Å²) in [6.45, 7) is 1.08. The van der Waals surface area contributed by atoms with Crippen LogP contribution in [-0.2, 0) is 16.0 Å². The van der Waals surface area contributed by atoms with Crippen molar-refractivity contribution in [3.63, 3.8) is 0 Å². The molecule has 1 heterocycles. The Morgan fingerprint density at radius 2 is 2.32 bits per heavy atom. The van der Waals surface area contributed by atoms with E-state index in [-0.39, 0.29) is 12.4 Å². The molecule has 0 aromatic heterocycles. The molecule has 4 nitrogen and oxygen atoms in total. The fraction of sp³-hybridized carbons (Fsp3) is 0.533. The summed E-state index contributed by atoms with van der Waals surface area (Å²) in [4.78, 5) is 13.3. The van der Waals surface area contributed by atoms with E-state index < -0.39 is 6.10 Å². The molecule has 0 radical (unpaired) electrons. The van der Waals surface area contributed by atoms with E-state index in [1.54, 1.807) is 0 Å². The van der Waals surface area contributed by atoms with Crippen LogP contribution in [0.25, 0.3) is 0 Å².